The number of hydrogen-bond acceptors (Lipinski definition) is 5. The molecule has 0 aliphatic carbocycles. The Hall–Kier alpha value is -4.13. The van der Waals surface area contributed by atoms with E-state index in [1.165, 1.54) is 17.0 Å². The third-order valence-electron chi connectivity index (χ3n) is 6.83. The average molecular weight is 531 g/mol. The van der Waals surface area contributed by atoms with Crippen molar-refractivity contribution in [1.29, 1.82) is 0 Å². The van der Waals surface area contributed by atoms with Gasteiger partial charge < -0.3 is 19.6 Å². The summed E-state index contributed by atoms with van der Waals surface area (Å²) < 4.78 is 19.4. The highest BCUT2D eigenvalue weighted by Crippen LogP contribution is 2.41. The van der Waals surface area contributed by atoms with Crippen molar-refractivity contribution in [2.45, 2.75) is 40.3 Å². The van der Waals surface area contributed by atoms with Crippen molar-refractivity contribution in [2.24, 2.45) is 5.92 Å². The predicted octanol–water partition coefficient (Wildman–Crippen LogP) is 6.33. The highest BCUT2D eigenvalue weighted by Gasteiger charge is 2.46. The predicted molar refractivity (Wildman–Crippen MR) is 151 cm³/mol. The van der Waals surface area contributed by atoms with E-state index in [1.54, 1.807) is 36.4 Å². The van der Waals surface area contributed by atoms with Gasteiger partial charge in [-0.3, -0.25) is 9.59 Å². The van der Waals surface area contributed by atoms with E-state index in [-0.39, 0.29) is 23.7 Å². The first-order valence-electron chi connectivity index (χ1n) is 13.3. The van der Waals surface area contributed by atoms with Gasteiger partial charge in [0.25, 0.3) is 11.7 Å². The number of aliphatic hydroxyl groups is 1. The normalized spacial score (nSPS) is 16.7. The zero-order chi connectivity index (χ0) is 28.1. The number of ketones is 1. The molecule has 7 heteroatoms. The summed E-state index contributed by atoms with van der Waals surface area (Å²) in [4.78, 5) is 30.4. The zero-order valence-electron chi connectivity index (χ0n) is 22.9. The molecule has 1 aliphatic heterocycles. The second-order valence-corrected chi connectivity index (χ2v) is 10.0. The van der Waals surface area contributed by atoms with Gasteiger partial charge in [0.15, 0.2) is 0 Å². The van der Waals surface area contributed by atoms with E-state index in [0.717, 1.165) is 18.8 Å². The molecule has 1 unspecified atom stereocenters. The minimum Gasteiger partial charge on any atom is -0.507 e. The third-order valence-corrected chi connectivity index (χ3v) is 6.83. The summed E-state index contributed by atoms with van der Waals surface area (Å²) >= 11 is 0. The lowest BCUT2D eigenvalue weighted by molar-refractivity contribution is -0.140. The SMILES string of the molecule is CCN(CC)c1ccc(C2/C(=C(/O)c3cccc(OCC(C)C)c3)C(=O)C(=O)N2Cc2ccc(F)cc2)cc1. The number of nitrogens with zero attached hydrogens (tertiary/aromatic N) is 2. The molecule has 1 amide bonds. The van der Waals surface area contributed by atoms with Crippen LogP contribution < -0.4 is 9.64 Å². The molecule has 0 spiro atoms. The van der Waals surface area contributed by atoms with Crippen LogP contribution in [0.5, 0.6) is 5.75 Å². The number of benzene rings is 3. The quantitative estimate of drug-likeness (QED) is 0.189. The maximum Gasteiger partial charge on any atom is 0.295 e. The van der Waals surface area contributed by atoms with Crippen molar-refractivity contribution < 1.29 is 23.8 Å². The largest absolute Gasteiger partial charge is 0.507 e. The molecule has 1 heterocycles. The molecule has 1 saturated heterocycles. The van der Waals surface area contributed by atoms with Crippen LogP contribution in [-0.2, 0) is 16.1 Å². The van der Waals surface area contributed by atoms with Gasteiger partial charge in [-0.05, 0) is 67.3 Å². The number of halogens is 1. The van der Waals surface area contributed by atoms with E-state index < -0.39 is 17.7 Å². The van der Waals surface area contributed by atoms with Crippen LogP contribution in [0.1, 0.15) is 50.4 Å². The fourth-order valence-electron chi connectivity index (χ4n) is 4.78. The molecule has 0 saturated carbocycles. The number of amides is 1. The number of hydrogen-bond donors (Lipinski definition) is 1. The Bertz CT molecular complexity index is 1350. The van der Waals surface area contributed by atoms with Crippen LogP contribution >= 0.6 is 0 Å². The molecule has 204 valence electrons. The molecule has 6 nitrogen and oxygen atoms in total. The number of carbonyl (C=O) groups is 2. The van der Waals surface area contributed by atoms with E-state index in [4.69, 9.17) is 4.74 Å². The van der Waals surface area contributed by atoms with E-state index in [1.807, 2.05) is 38.1 Å². The maximum atomic E-state index is 13.5. The van der Waals surface area contributed by atoms with Gasteiger partial charge >= 0.3 is 0 Å². The van der Waals surface area contributed by atoms with Gasteiger partial charge in [0.2, 0.25) is 0 Å². The maximum absolute atomic E-state index is 13.5. The van der Waals surface area contributed by atoms with Gasteiger partial charge in [0.1, 0.15) is 17.3 Å². The minimum atomic E-state index is -0.818. The smallest absolute Gasteiger partial charge is 0.295 e. The van der Waals surface area contributed by atoms with Crippen molar-refractivity contribution in [3.8, 4) is 5.75 Å². The zero-order valence-corrected chi connectivity index (χ0v) is 22.9. The lowest BCUT2D eigenvalue weighted by atomic mass is 9.94. The molecule has 1 atom stereocenters. The molecule has 0 bridgehead atoms. The van der Waals surface area contributed by atoms with Gasteiger partial charge in [-0.1, -0.05) is 50.2 Å². The van der Waals surface area contributed by atoms with Gasteiger partial charge in [-0.15, -0.1) is 0 Å². The van der Waals surface area contributed by atoms with Crippen molar-refractivity contribution in [3.63, 3.8) is 0 Å². The van der Waals surface area contributed by atoms with Crippen LogP contribution in [0.25, 0.3) is 5.76 Å². The Morgan fingerprint density at radius 1 is 1.00 bits per heavy atom. The Morgan fingerprint density at radius 2 is 1.67 bits per heavy atom. The van der Waals surface area contributed by atoms with Crippen LogP contribution in [0, 0.1) is 11.7 Å². The van der Waals surface area contributed by atoms with Crippen LogP contribution in [0.15, 0.2) is 78.4 Å². The van der Waals surface area contributed by atoms with Crippen molar-refractivity contribution >= 4 is 23.1 Å². The Kier molecular flexibility index (Phi) is 8.69. The number of ether oxygens (including phenoxy) is 1. The molecule has 0 radical (unpaired) electrons. The number of rotatable bonds is 10. The number of aliphatic hydroxyl groups excluding tert-OH is 1. The molecular formula is C32H35FN2O4. The second kappa shape index (κ2) is 12.2. The standard InChI is InChI=1S/C32H35FN2O4/c1-5-34(6-2)26-16-12-23(13-17-26)29-28(30(36)24-8-7-9-27(18-24)39-20-21(3)4)31(37)32(38)35(29)19-22-10-14-25(33)15-11-22/h7-18,21,29,36H,5-6,19-20H2,1-4H3/b30-28-. The molecule has 3 aromatic carbocycles. The summed E-state index contributed by atoms with van der Waals surface area (Å²) in [5.41, 5.74) is 2.79. The number of carbonyl (C=O) groups excluding carboxylic acids is 2. The number of anilines is 1. The first-order valence-corrected chi connectivity index (χ1v) is 13.3. The van der Waals surface area contributed by atoms with Crippen molar-refractivity contribution in [1.82, 2.24) is 4.90 Å². The first kappa shape index (κ1) is 27.9. The summed E-state index contributed by atoms with van der Waals surface area (Å²) in [7, 11) is 0. The van der Waals surface area contributed by atoms with Gasteiger partial charge in [0.05, 0.1) is 18.2 Å². The van der Waals surface area contributed by atoms with E-state index >= 15 is 0 Å². The molecular weight excluding hydrogens is 495 g/mol. The average Bonchev–Trinajstić information content (AvgIpc) is 3.19. The highest BCUT2D eigenvalue weighted by molar-refractivity contribution is 6.46. The molecule has 4 rings (SSSR count). The van der Waals surface area contributed by atoms with Gasteiger partial charge in [-0.25, -0.2) is 4.39 Å². The fourth-order valence-corrected chi connectivity index (χ4v) is 4.78. The summed E-state index contributed by atoms with van der Waals surface area (Å²) in [6.45, 7) is 10.5. The highest BCUT2D eigenvalue weighted by atomic mass is 19.1. The molecule has 0 aromatic heterocycles. The Balaban J connectivity index is 1.80. The van der Waals surface area contributed by atoms with Crippen molar-refractivity contribution in [3.05, 3.63) is 101 Å². The number of Topliss-reactive ketones (excluding diaryl/α,β-unsaturated/α-hetero) is 1. The van der Waals surface area contributed by atoms with E-state index in [9.17, 15) is 19.1 Å². The van der Waals surface area contributed by atoms with Crippen molar-refractivity contribution in [2.75, 3.05) is 24.6 Å². The lowest BCUT2D eigenvalue weighted by Crippen LogP contribution is -2.29. The molecule has 1 N–H and O–H groups in total. The van der Waals surface area contributed by atoms with Crippen LogP contribution in [0.4, 0.5) is 10.1 Å². The summed E-state index contributed by atoms with van der Waals surface area (Å²) in [6.07, 6.45) is 0. The summed E-state index contributed by atoms with van der Waals surface area (Å²) in [6, 6.07) is 19.6. The minimum absolute atomic E-state index is 0.0127. The first-order chi connectivity index (χ1) is 18.7. The van der Waals surface area contributed by atoms with Crippen LogP contribution in [-0.4, -0.2) is 41.4 Å². The lowest BCUT2D eigenvalue weighted by Gasteiger charge is -2.27. The summed E-state index contributed by atoms with van der Waals surface area (Å²) in [5.74, 6) is -1.25. The molecule has 39 heavy (non-hydrogen) atoms. The number of likely N-dealkylation sites (tertiary alicyclic amines) is 1. The summed E-state index contributed by atoms with van der Waals surface area (Å²) in [5, 5.41) is 11.4. The molecule has 3 aromatic rings. The fraction of sp³-hybridized carbons (Fsp3) is 0.312. The van der Waals surface area contributed by atoms with E-state index in [0.29, 0.717) is 35.0 Å². The van der Waals surface area contributed by atoms with Crippen LogP contribution in [0.2, 0.25) is 0 Å². The van der Waals surface area contributed by atoms with Gasteiger partial charge in [-0.2, -0.15) is 0 Å². The second-order valence-electron chi connectivity index (χ2n) is 10.0. The van der Waals surface area contributed by atoms with E-state index in [2.05, 4.69) is 18.7 Å². The molecule has 1 fully saturated rings. The Labute approximate surface area is 229 Å². The third kappa shape index (κ3) is 6.14. The van der Waals surface area contributed by atoms with Crippen LogP contribution in [0.3, 0.4) is 0 Å². The monoisotopic (exact) mass is 530 g/mol. The Morgan fingerprint density at radius 3 is 2.28 bits per heavy atom. The molecule has 1 aliphatic rings. The van der Waals surface area contributed by atoms with Gasteiger partial charge in [0, 0.05) is 30.9 Å². The topological polar surface area (TPSA) is 70.1 Å².